The minimum atomic E-state index is -6.10. The number of amides is 1. The van der Waals surface area contributed by atoms with Gasteiger partial charge in [-0.1, -0.05) is 41.9 Å². The quantitative estimate of drug-likeness (QED) is 0.201. The molecule has 17 heteroatoms. The van der Waals surface area contributed by atoms with Gasteiger partial charge in [0.1, 0.15) is 17.1 Å². The van der Waals surface area contributed by atoms with Crippen molar-refractivity contribution in [2.24, 2.45) is 0 Å². The molecular weight excluding hydrogens is 633 g/mol. The molecule has 2 aromatic carbocycles. The van der Waals surface area contributed by atoms with Gasteiger partial charge < -0.3 is 14.8 Å². The average molecular weight is 649 g/mol. The van der Waals surface area contributed by atoms with Crippen LogP contribution in [0.5, 0.6) is 5.75 Å². The molecule has 1 aliphatic rings. The Labute approximate surface area is 239 Å². The molecule has 1 amide bonds. The number of ether oxygens (including phenoxy) is 2. The summed E-state index contributed by atoms with van der Waals surface area (Å²) >= 11 is 5.87. The number of pyridine rings is 1. The fourth-order valence-electron chi connectivity index (χ4n) is 4.38. The number of hydrogen-bond acceptors (Lipinski definition) is 4. The summed E-state index contributed by atoms with van der Waals surface area (Å²) in [7, 11) is 0. The van der Waals surface area contributed by atoms with Crippen molar-refractivity contribution in [3.63, 3.8) is 0 Å². The molecule has 0 saturated carbocycles. The van der Waals surface area contributed by atoms with Gasteiger partial charge in [-0.15, -0.1) is 0 Å². The summed E-state index contributed by atoms with van der Waals surface area (Å²) < 4.78 is 157. The lowest BCUT2D eigenvalue weighted by Gasteiger charge is -2.36. The van der Waals surface area contributed by atoms with E-state index in [4.69, 9.17) is 11.6 Å². The van der Waals surface area contributed by atoms with E-state index in [1.165, 1.54) is 30.3 Å². The van der Waals surface area contributed by atoms with Gasteiger partial charge in [-0.2, -0.15) is 43.9 Å². The molecule has 2 atom stereocenters. The number of carbonyl (C=O) groups excluding carboxylic acids is 1. The molecule has 0 bridgehead atoms. The molecule has 43 heavy (non-hydrogen) atoms. The molecule has 4 rings (SSSR count). The zero-order chi connectivity index (χ0) is 32.0. The maximum atomic E-state index is 14.8. The van der Waals surface area contributed by atoms with Crippen molar-refractivity contribution in [1.82, 2.24) is 10.3 Å². The Balaban J connectivity index is 1.92. The zero-order valence-corrected chi connectivity index (χ0v) is 21.7. The first-order valence-corrected chi connectivity index (χ1v) is 12.2. The lowest BCUT2D eigenvalue weighted by atomic mass is 9.80. The molecule has 5 nitrogen and oxygen atoms in total. The molecule has 0 aliphatic carbocycles. The van der Waals surface area contributed by atoms with E-state index in [-0.39, 0.29) is 22.3 Å². The molecule has 1 aliphatic heterocycles. The Hall–Kier alpha value is -3.66. The van der Waals surface area contributed by atoms with Crippen LogP contribution in [0.4, 0.5) is 48.3 Å². The van der Waals surface area contributed by atoms with Crippen molar-refractivity contribution < 1.29 is 62.6 Å². The first-order chi connectivity index (χ1) is 19.8. The van der Waals surface area contributed by atoms with Gasteiger partial charge in [0.2, 0.25) is 0 Å². The summed E-state index contributed by atoms with van der Waals surface area (Å²) in [6.45, 7) is 0. The maximum Gasteiger partial charge on any atom is 0.461 e. The molecule has 1 saturated heterocycles. The van der Waals surface area contributed by atoms with E-state index < -0.39 is 71.6 Å². The predicted molar refractivity (Wildman–Crippen MR) is 126 cm³/mol. The third-order valence-electron chi connectivity index (χ3n) is 6.38. The number of hydrogen-bond donors (Lipinski definition) is 1. The summed E-state index contributed by atoms with van der Waals surface area (Å²) in [5.41, 5.74) is -8.12. The van der Waals surface area contributed by atoms with E-state index in [9.17, 15) is 53.1 Å². The smallest absolute Gasteiger partial charge is 0.428 e. The highest BCUT2D eigenvalue weighted by Crippen LogP contribution is 2.59. The van der Waals surface area contributed by atoms with Crippen LogP contribution in [-0.2, 0) is 21.5 Å². The van der Waals surface area contributed by atoms with Gasteiger partial charge in [-0.3, -0.25) is 9.78 Å². The van der Waals surface area contributed by atoms with Crippen molar-refractivity contribution in [2.45, 2.75) is 48.6 Å². The highest BCUT2D eigenvalue weighted by atomic mass is 35.5. The van der Waals surface area contributed by atoms with Crippen LogP contribution in [0.3, 0.4) is 0 Å². The molecular formula is C26H16ClF11N2O3. The van der Waals surface area contributed by atoms with Crippen LogP contribution in [0.1, 0.15) is 16.8 Å². The highest BCUT2D eigenvalue weighted by molar-refractivity contribution is 6.30. The number of nitrogens with zero attached hydrogens (tertiary/aromatic N) is 1. The van der Waals surface area contributed by atoms with Crippen LogP contribution < -0.4 is 10.1 Å². The number of epoxide rings is 1. The summed E-state index contributed by atoms with van der Waals surface area (Å²) in [6, 6.07) is 10.9. The zero-order valence-electron chi connectivity index (χ0n) is 20.9. The summed E-state index contributed by atoms with van der Waals surface area (Å²) in [6.07, 6.45) is -24.5. The molecule has 3 aromatic rings. The van der Waals surface area contributed by atoms with Crippen LogP contribution in [0.25, 0.3) is 0 Å². The minimum absolute atomic E-state index is 0.0257. The van der Waals surface area contributed by atoms with Crippen molar-refractivity contribution in [1.29, 1.82) is 0 Å². The third kappa shape index (κ3) is 6.20. The number of nitrogens with one attached hydrogen (secondary N) is 1. The SMILES string of the molecule is O=C(N[C@@](Cc1ccccc1)(c1cc(F)cc(OC(F)(F)C(F)F)c1)c1ccc(Cl)cn1)C1OC1(C(F)(F)F)C(F)(F)F. The first-order valence-electron chi connectivity index (χ1n) is 11.8. The lowest BCUT2D eigenvalue weighted by molar-refractivity contribution is -0.292. The van der Waals surface area contributed by atoms with E-state index in [1.807, 2.05) is 5.32 Å². The van der Waals surface area contributed by atoms with Crippen LogP contribution >= 0.6 is 11.6 Å². The standard InChI is InChI=1S/C26H16ClF11N2O3/c27-15-6-7-18(39-12-15)22(11-13-4-2-1-3-5-13,14-8-16(28)10-17(9-14)42-24(31,32)21(29)30)40-20(41)19-23(43-19,25(33,34)35)26(36,37)38/h1-10,12,19,21H,11H2,(H,40,41)/t19?,22-/m0/s1. The molecule has 0 radical (unpaired) electrons. The first kappa shape index (κ1) is 32.3. The third-order valence-corrected chi connectivity index (χ3v) is 6.61. The van der Waals surface area contributed by atoms with Crippen LogP contribution in [0.15, 0.2) is 66.9 Å². The predicted octanol–water partition coefficient (Wildman–Crippen LogP) is 6.98. The monoisotopic (exact) mass is 648 g/mol. The molecule has 232 valence electrons. The lowest BCUT2D eigenvalue weighted by Crippen LogP contribution is -2.55. The number of benzene rings is 2. The molecule has 1 aromatic heterocycles. The van der Waals surface area contributed by atoms with Crippen molar-refractivity contribution in [3.8, 4) is 5.75 Å². The summed E-state index contributed by atoms with van der Waals surface area (Å²) in [5, 5.41) is 1.98. The molecule has 1 N–H and O–H groups in total. The van der Waals surface area contributed by atoms with Gasteiger partial charge in [0.15, 0.2) is 6.10 Å². The molecule has 0 spiro atoms. The Kier molecular flexibility index (Phi) is 8.34. The largest absolute Gasteiger partial charge is 0.461 e. The van der Waals surface area contributed by atoms with E-state index in [0.29, 0.717) is 12.1 Å². The van der Waals surface area contributed by atoms with Crippen molar-refractivity contribution in [2.75, 3.05) is 0 Å². The summed E-state index contributed by atoms with van der Waals surface area (Å²) in [4.78, 5) is 17.2. The number of alkyl halides is 10. The van der Waals surface area contributed by atoms with Gasteiger partial charge in [-0.05, 0) is 35.4 Å². The van der Waals surface area contributed by atoms with Crippen LogP contribution in [0.2, 0.25) is 5.02 Å². The Morgan fingerprint density at radius 1 is 0.977 bits per heavy atom. The second-order valence-corrected chi connectivity index (χ2v) is 9.72. The number of rotatable bonds is 9. The van der Waals surface area contributed by atoms with Gasteiger partial charge >= 0.3 is 24.9 Å². The molecule has 1 unspecified atom stereocenters. The number of halogens is 12. The second kappa shape index (κ2) is 11.1. The van der Waals surface area contributed by atoms with Crippen molar-refractivity contribution in [3.05, 3.63) is 94.5 Å². The topological polar surface area (TPSA) is 63.8 Å². The number of carbonyl (C=O) groups is 1. The normalized spacial score (nSPS) is 18.2. The fraction of sp³-hybridized carbons (Fsp3) is 0.308. The average Bonchev–Trinajstić information content (AvgIpc) is 3.67. The fourth-order valence-corrected chi connectivity index (χ4v) is 4.49. The Morgan fingerprint density at radius 2 is 1.60 bits per heavy atom. The maximum absolute atomic E-state index is 14.8. The van der Waals surface area contributed by atoms with Crippen LogP contribution in [0, 0.1) is 5.82 Å². The van der Waals surface area contributed by atoms with Crippen LogP contribution in [-0.4, -0.2) is 47.5 Å². The van der Waals surface area contributed by atoms with E-state index in [2.05, 4.69) is 14.5 Å². The van der Waals surface area contributed by atoms with Gasteiger partial charge in [0.05, 0.1) is 10.7 Å². The Morgan fingerprint density at radius 3 is 2.12 bits per heavy atom. The minimum Gasteiger partial charge on any atom is -0.428 e. The van der Waals surface area contributed by atoms with Crippen molar-refractivity contribution >= 4 is 17.5 Å². The van der Waals surface area contributed by atoms with E-state index in [0.717, 1.165) is 18.3 Å². The van der Waals surface area contributed by atoms with Gasteiger partial charge in [-0.25, -0.2) is 4.39 Å². The van der Waals surface area contributed by atoms with E-state index >= 15 is 0 Å². The van der Waals surface area contributed by atoms with Gasteiger partial charge in [0, 0.05) is 18.7 Å². The second-order valence-electron chi connectivity index (χ2n) is 9.29. The Bertz CT molecular complexity index is 1450. The molecule has 2 heterocycles. The highest BCUT2D eigenvalue weighted by Gasteiger charge is 2.89. The van der Waals surface area contributed by atoms with E-state index in [1.54, 1.807) is 0 Å². The molecule has 1 fully saturated rings. The number of aromatic nitrogens is 1. The summed E-state index contributed by atoms with van der Waals surface area (Å²) in [5.74, 6) is -4.63. The van der Waals surface area contributed by atoms with Gasteiger partial charge in [0.25, 0.3) is 11.5 Å².